The molecule has 1 aliphatic rings. The highest BCUT2D eigenvalue weighted by Crippen LogP contribution is 2.32. The van der Waals surface area contributed by atoms with E-state index in [2.05, 4.69) is 6.92 Å². The predicted octanol–water partition coefficient (Wildman–Crippen LogP) is 9.73. The third-order valence-corrected chi connectivity index (χ3v) is 8.88. The van der Waals surface area contributed by atoms with Crippen LogP contribution in [0.5, 0.6) is 5.75 Å². The van der Waals surface area contributed by atoms with Crippen LogP contribution in [0.3, 0.4) is 0 Å². The first-order valence-electron chi connectivity index (χ1n) is 15.5. The maximum Gasteiger partial charge on any atom is 0.280 e. The second kappa shape index (κ2) is 15.1. The van der Waals surface area contributed by atoms with E-state index < -0.39 is 0 Å². The number of para-hydroxylation sites is 2. The first kappa shape index (κ1) is 31.4. The van der Waals surface area contributed by atoms with E-state index in [1.54, 1.807) is 11.8 Å². The number of unbranched alkanes of at least 4 members (excludes halogenated alkanes) is 3. The van der Waals surface area contributed by atoms with Gasteiger partial charge in [0.05, 0.1) is 35.0 Å². The summed E-state index contributed by atoms with van der Waals surface area (Å²) in [6.07, 6.45) is 8.54. The van der Waals surface area contributed by atoms with Gasteiger partial charge in [0.25, 0.3) is 5.91 Å². The minimum atomic E-state index is -0.178. The van der Waals surface area contributed by atoms with Crippen LogP contribution in [0.25, 0.3) is 23.0 Å². The number of hydrogen-bond acceptors (Lipinski definition) is 5. The van der Waals surface area contributed by atoms with Crippen LogP contribution in [-0.4, -0.2) is 33.8 Å². The Morgan fingerprint density at radius 3 is 2.22 bits per heavy atom. The molecule has 1 amide bonds. The monoisotopic (exact) mass is 646 g/mol. The summed E-state index contributed by atoms with van der Waals surface area (Å²) in [6, 6.07) is 35.2. The highest BCUT2D eigenvalue weighted by Gasteiger charge is 2.31. The van der Waals surface area contributed by atoms with E-state index >= 15 is 0 Å². The number of aromatic nitrogens is 2. The van der Waals surface area contributed by atoms with Crippen LogP contribution in [0.1, 0.15) is 38.2 Å². The molecule has 0 radical (unpaired) electrons. The fraction of sp³-hybridized carbons (Fsp3) is 0.184. The van der Waals surface area contributed by atoms with Gasteiger partial charge in [-0.05, 0) is 85.3 Å². The third-order valence-electron chi connectivity index (χ3n) is 7.60. The molecule has 1 aliphatic heterocycles. The molecule has 0 atom stereocenters. The SMILES string of the molecule is CCCCCCOc1ccc(-c2nn(-c3ccccc3)cc2/C=C2/C(=O)N(c3ccccc3)N=C2CSc2ccc(Cl)cc2)cc1. The molecule has 0 N–H and O–H groups in total. The first-order chi connectivity index (χ1) is 22.6. The number of nitrogens with zero attached hydrogens (tertiary/aromatic N) is 4. The lowest BCUT2D eigenvalue weighted by atomic mass is 10.0. The molecule has 46 heavy (non-hydrogen) atoms. The van der Waals surface area contributed by atoms with Crippen molar-refractivity contribution in [3.63, 3.8) is 0 Å². The van der Waals surface area contributed by atoms with Gasteiger partial charge in [-0.15, -0.1) is 11.8 Å². The van der Waals surface area contributed by atoms with Crippen LogP contribution in [0.2, 0.25) is 5.02 Å². The summed E-state index contributed by atoms with van der Waals surface area (Å²) >= 11 is 7.72. The Morgan fingerprint density at radius 1 is 0.826 bits per heavy atom. The molecule has 232 valence electrons. The lowest BCUT2D eigenvalue weighted by Gasteiger charge is -2.11. The quantitative estimate of drug-likeness (QED) is 0.0726. The van der Waals surface area contributed by atoms with Crippen molar-refractivity contribution in [2.75, 3.05) is 17.4 Å². The largest absolute Gasteiger partial charge is 0.494 e. The molecule has 1 aromatic heterocycles. The highest BCUT2D eigenvalue weighted by molar-refractivity contribution is 8.00. The maximum absolute atomic E-state index is 14.0. The van der Waals surface area contributed by atoms with E-state index in [-0.39, 0.29) is 5.91 Å². The molecule has 5 aromatic rings. The van der Waals surface area contributed by atoms with Gasteiger partial charge in [0.2, 0.25) is 0 Å². The van der Waals surface area contributed by atoms with Crippen LogP contribution >= 0.6 is 23.4 Å². The van der Waals surface area contributed by atoms with Gasteiger partial charge < -0.3 is 4.74 Å². The van der Waals surface area contributed by atoms with Crippen molar-refractivity contribution in [1.29, 1.82) is 0 Å². The Labute approximate surface area is 279 Å². The van der Waals surface area contributed by atoms with E-state index in [1.165, 1.54) is 24.3 Å². The zero-order chi connectivity index (χ0) is 31.7. The lowest BCUT2D eigenvalue weighted by Crippen LogP contribution is -2.21. The minimum absolute atomic E-state index is 0.178. The molecule has 2 heterocycles. The molecule has 0 saturated heterocycles. The van der Waals surface area contributed by atoms with Gasteiger partial charge in [0.1, 0.15) is 5.75 Å². The molecule has 0 aliphatic carbocycles. The minimum Gasteiger partial charge on any atom is -0.494 e. The van der Waals surface area contributed by atoms with Crippen molar-refractivity contribution in [3.8, 4) is 22.7 Å². The number of halogens is 1. The summed E-state index contributed by atoms with van der Waals surface area (Å²) in [4.78, 5) is 15.0. The van der Waals surface area contributed by atoms with E-state index in [1.807, 2.05) is 126 Å². The van der Waals surface area contributed by atoms with Gasteiger partial charge in [-0.25, -0.2) is 4.68 Å². The van der Waals surface area contributed by atoms with Crippen molar-refractivity contribution in [2.45, 2.75) is 37.5 Å². The van der Waals surface area contributed by atoms with Gasteiger partial charge in [0, 0.05) is 33.0 Å². The van der Waals surface area contributed by atoms with Gasteiger partial charge in [-0.3, -0.25) is 4.79 Å². The Kier molecular flexibility index (Phi) is 10.3. The third kappa shape index (κ3) is 7.61. The standard InChI is InChI=1S/C38H35ClN4O2S/c1-2-3-4-11-24-45-33-20-16-28(17-21-33)37-29(26-42(41-37)31-12-7-5-8-13-31)25-35-36(27-46-34-22-18-30(39)19-23-34)40-43(38(35)44)32-14-9-6-10-15-32/h5-10,12-23,25-26H,2-4,11,24,27H2,1H3/b35-25+. The number of rotatable bonds is 13. The summed E-state index contributed by atoms with van der Waals surface area (Å²) in [5.74, 6) is 1.17. The molecule has 4 aromatic carbocycles. The number of benzene rings is 4. The normalized spacial score (nSPS) is 13.8. The van der Waals surface area contributed by atoms with Gasteiger partial charge in [-0.2, -0.15) is 15.2 Å². The Morgan fingerprint density at radius 2 is 1.52 bits per heavy atom. The van der Waals surface area contributed by atoms with E-state index in [0.717, 1.165) is 45.3 Å². The summed E-state index contributed by atoms with van der Waals surface area (Å²) in [7, 11) is 0. The van der Waals surface area contributed by atoms with Crippen molar-refractivity contribution in [2.24, 2.45) is 5.10 Å². The maximum atomic E-state index is 14.0. The fourth-order valence-corrected chi connectivity index (χ4v) is 6.12. The zero-order valence-electron chi connectivity index (χ0n) is 25.7. The van der Waals surface area contributed by atoms with Crippen LogP contribution in [0, 0.1) is 0 Å². The predicted molar refractivity (Wildman–Crippen MR) is 190 cm³/mol. The van der Waals surface area contributed by atoms with E-state index in [4.69, 9.17) is 26.5 Å². The number of thioether (sulfide) groups is 1. The molecular formula is C38H35ClN4O2S. The second-order valence-corrected chi connectivity index (χ2v) is 12.4. The van der Waals surface area contributed by atoms with E-state index in [0.29, 0.717) is 28.7 Å². The Hall–Kier alpha value is -4.59. The van der Waals surface area contributed by atoms with Crippen molar-refractivity contribution < 1.29 is 9.53 Å². The Balaban J connectivity index is 1.35. The van der Waals surface area contributed by atoms with Gasteiger partial charge >= 0.3 is 0 Å². The molecule has 0 spiro atoms. The second-order valence-electron chi connectivity index (χ2n) is 10.9. The number of carbonyl (C=O) groups is 1. The summed E-state index contributed by atoms with van der Waals surface area (Å²) in [5.41, 5.74) is 5.39. The number of hydrogen-bond donors (Lipinski definition) is 0. The van der Waals surface area contributed by atoms with Gasteiger partial charge in [-0.1, -0.05) is 74.2 Å². The van der Waals surface area contributed by atoms with Crippen molar-refractivity contribution >= 4 is 46.7 Å². The zero-order valence-corrected chi connectivity index (χ0v) is 27.3. The van der Waals surface area contributed by atoms with Gasteiger partial charge in [0.15, 0.2) is 0 Å². The Bertz CT molecular complexity index is 1820. The molecule has 6 nitrogen and oxygen atoms in total. The molecular weight excluding hydrogens is 612 g/mol. The smallest absolute Gasteiger partial charge is 0.280 e. The molecule has 0 fully saturated rings. The van der Waals surface area contributed by atoms with Crippen LogP contribution in [0.4, 0.5) is 5.69 Å². The topological polar surface area (TPSA) is 59.7 Å². The molecule has 0 saturated carbocycles. The number of amides is 1. The van der Waals surface area contributed by atoms with Crippen LogP contribution < -0.4 is 9.75 Å². The highest BCUT2D eigenvalue weighted by atomic mass is 35.5. The lowest BCUT2D eigenvalue weighted by molar-refractivity contribution is -0.114. The molecule has 6 rings (SSSR count). The molecule has 8 heteroatoms. The first-order valence-corrected chi connectivity index (χ1v) is 16.9. The fourth-order valence-electron chi connectivity index (χ4n) is 5.15. The van der Waals surface area contributed by atoms with Crippen molar-refractivity contribution in [1.82, 2.24) is 9.78 Å². The average Bonchev–Trinajstić information content (AvgIpc) is 3.66. The number of hydrazone groups is 1. The molecule has 0 bridgehead atoms. The van der Waals surface area contributed by atoms with Crippen LogP contribution in [-0.2, 0) is 4.79 Å². The van der Waals surface area contributed by atoms with Crippen LogP contribution in [0.15, 0.2) is 131 Å². The summed E-state index contributed by atoms with van der Waals surface area (Å²) < 4.78 is 7.85. The number of ether oxygens (including phenoxy) is 1. The summed E-state index contributed by atoms with van der Waals surface area (Å²) in [6.45, 7) is 2.91. The number of carbonyl (C=O) groups excluding carboxylic acids is 1. The van der Waals surface area contributed by atoms with E-state index in [9.17, 15) is 4.79 Å². The average molecular weight is 647 g/mol. The summed E-state index contributed by atoms with van der Waals surface area (Å²) in [5, 5.41) is 12.0. The number of anilines is 1. The molecule has 0 unspecified atom stereocenters. The van der Waals surface area contributed by atoms with Crippen molar-refractivity contribution in [3.05, 3.63) is 132 Å².